The van der Waals surface area contributed by atoms with E-state index in [1.54, 1.807) is 10.8 Å². The van der Waals surface area contributed by atoms with Crippen molar-refractivity contribution in [1.82, 2.24) is 29.5 Å². The van der Waals surface area contributed by atoms with Gasteiger partial charge in [0.1, 0.15) is 11.5 Å². The van der Waals surface area contributed by atoms with E-state index in [1.165, 1.54) is 6.33 Å². The zero-order valence-corrected chi connectivity index (χ0v) is 11.3. The van der Waals surface area contributed by atoms with Crippen LogP contribution in [0.2, 0.25) is 0 Å². The highest BCUT2D eigenvalue weighted by atomic mass is 16.2. The van der Waals surface area contributed by atoms with Gasteiger partial charge in [0.05, 0.1) is 18.4 Å². The molecule has 0 spiro atoms. The number of benzene rings is 1. The van der Waals surface area contributed by atoms with Crippen LogP contribution in [-0.2, 0) is 6.54 Å². The Labute approximate surface area is 122 Å². The van der Waals surface area contributed by atoms with E-state index >= 15 is 0 Å². The highest BCUT2D eigenvalue weighted by molar-refractivity contribution is 5.77. The molecule has 0 aliphatic rings. The van der Waals surface area contributed by atoms with Crippen LogP contribution in [0.25, 0.3) is 22.1 Å². The van der Waals surface area contributed by atoms with Gasteiger partial charge >= 0.3 is 5.69 Å². The summed E-state index contributed by atoms with van der Waals surface area (Å²) in [5.74, 6) is 0.569. The normalized spacial score (nSPS) is 11.3. The molecular formula is C14H10N6O2. The molecule has 0 atom stereocenters. The Balaban J connectivity index is 1.82. The van der Waals surface area contributed by atoms with E-state index in [0.717, 1.165) is 10.9 Å². The molecule has 0 aliphatic carbocycles. The van der Waals surface area contributed by atoms with Gasteiger partial charge in [0, 0.05) is 11.6 Å². The average Bonchev–Trinajstić information content (AvgIpc) is 2.90. The minimum absolute atomic E-state index is 0.181. The van der Waals surface area contributed by atoms with Gasteiger partial charge in [-0.15, -0.1) is 0 Å². The van der Waals surface area contributed by atoms with Gasteiger partial charge < -0.3 is 4.57 Å². The smallest absolute Gasteiger partial charge is 0.309 e. The molecule has 4 aromatic rings. The van der Waals surface area contributed by atoms with E-state index < -0.39 is 11.2 Å². The van der Waals surface area contributed by atoms with Crippen molar-refractivity contribution in [2.45, 2.75) is 6.54 Å². The second kappa shape index (κ2) is 4.62. The first-order valence-electron chi connectivity index (χ1n) is 6.59. The molecule has 3 heterocycles. The molecule has 0 saturated carbocycles. The number of nitrogens with zero attached hydrogens (tertiary/aromatic N) is 4. The molecule has 8 heteroatoms. The number of aromatic nitrogens is 6. The predicted octanol–water partition coefficient (Wildman–Crippen LogP) is 0.404. The lowest BCUT2D eigenvalue weighted by Gasteiger charge is -2.04. The molecule has 22 heavy (non-hydrogen) atoms. The first-order chi connectivity index (χ1) is 10.7. The Bertz CT molecular complexity index is 1110. The van der Waals surface area contributed by atoms with Crippen molar-refractivity contribution in [2.75, 3.05) is 0 Å². The summed E-state index contributed by atoms with van der Waals surface area (Å²) >= 11 is 0. The van der Waals surface area contributed by atoms with Crippen LogP contribution in [0.1, 0.15) is 5.82 Å². The molecular weight excluding hydrogens is 284 g/mol. The summed E-state index contributed by atoms with van der Waals surface area (Å²) < 4.78 is 1.63. The quantitative estimate of drug-likeness (QED) is 0.556. The van der Waals surface area contributed by atoms with Crippen molar-refractivity contribution < 1.29 is 0 Å². The first-order valence-corrected chi connectivity index (χ1v) is 6.59. The van der Waals surface area contributed by atoms with Crippen LogP contribution in [0, 0.1) is 0 Å². The Morgan fingerprint density at radius 2 is 1.95 bits per heavy atom. The number of nitrogens with one attached hydrogen (secondary N) is 2. The monoisotopic (exact) mass is 294 g/mol. The maximum Gasteiger partial charge on any atom is 0.327 e. The lowest BCUT2D eigenvalue weighted by molar-refractivity contribution is 0.760. The summed E-state index contributed by atoms with van der Waals surface area (Å²) in [6, 6.07) is 7.66. The molecule has 0 bridgehead atoms. The molecule has 4 rings (SSSR count). The van der Waals surface area contributed by atoms with E-state index in [1.807, 2.05) is 24.3 Å². The van der Waals surface area contributed by atoms with Gasteiger partial charge in [-0.3, -0.25) is 14.8 Å². The number of hydrogen-bond donors (Lipinski definition) is 2. The molecule has 0 saturated heterocycles. The van der Waals surface area contributed by atoms with Gasteiger partial charge in [0.15, 0.2) is 5.52 Å². The minimum Gasteiger partial charge on any atom is -0.309 e. The number of imidazole rings is 1. The third kappa shape index (κ3) is 1.97. The largest absolute Gasteiger partial charge is 0.327 e. The second-order valence-electron chi connectivity index (χ2n) is 4.82. The Kier molecular flexibility index (Phi) is 2.62. The zero-order valence-electron chi connectivity index (χ0n) is 11.3. The van der Waals surface area contributed by atoms with E-state index in [-0.39, 0.29) is 5.52 Å². The molecule has 8 nitrogen and oxygen atoms in total. The molecule has 0 radical (unpaired) electrons. The van der Waals surface area contributed by atoms with E-state index in [4.69, 9.17) is 0 Å². The summed E-state index contributed by atoms with van der Waals surface area (Å²) in [6.45, 7) is 0.306. The minimum atomic E-state index is -0.571. The van der Waals surface area contributed by atoms with Crippen molar-refractivity contribution in [3.8, 4) is 0 Å². The summed E-state index contributed by atoms with van der Waals surface area (Å²) in [5, 5.41) is 0.951. The lowest BCUT2D eigenvalue weighted by atomic mass is 10.2. The SMILES string of the molecule is O=c1[nH]c(=O)c2ncn(Cc3ncc4ccccc4n3)c2[nH]1. The topological polar surface area (TPSA) is 109 Å². The number of para-hydroxylation sites is 1. The standard InChI is InChI=1S/C14H10N6O2/c21-13-11-12(18-14(22)19-13)20(7-16-11)6-10-15-5-8-3-1-2-4-9(8)17-10/h1-5,7H,6H2,(H2,18,19,21,22). The van der Waals surface area contributed by atoms with E-state index in [0.29, 0.717) is 18.0 Å². The third-order valence-corrected chi connectivity index (χ3v) is 3.36. The van der Waals surface area contributed by atoms with Crippen molar-refractivity contribution in [3.63, 3.8) is 0 Å². The van der Waals surface area contributed by atoms with Crippen LogP contribution >= 0.6 is 0 Å². The van der Waals surface area contributed by atoms with Crippen LogP contribution in [-0.4, -0.2) is 29.5 Å². The molecule has 0 unspecified atom stereocenters. The average molecular weight is 294 g/mol. The van der Waals surface area contributed by atoms with Crippen molar-refractivity contribution in [2.24, 2.45) is 0 Å². The van der Waals surface area contributed by atoms with Crippen LogP contribution in [0.5, 0.6) is 0 Å². The maximum atomic E-state index is 11.7. The Morgan fingerprint density at radius 1 is 1.09 bits per heavy atom. The van der Waals surface area contributed by atoms with E-state index in [9.17, 15) is 9.59 Å². The molecule has 0 aliphatic heterocycles. The molecule has 3 aromatic heterocycles. The lowest BCUT2D eigenvalue weighted by Crippen LogP contribution is -2.22. The molecule has 0 fully saturated rings. The number of H-pyrrole nitrogens is 2. The van der Waals surface area contributed by atoms with Crippen molar-refractivity contribution in [3.05, 3.63) is 63.5 Å². The molecule has 0 amide bonds. The Morgan fingerprint density at radius 3 is 2.86 bits per heavy atom. The second-order valence-corrected chi connectivity index (χ2v) is 4.82. The zero-order chi connectivity index (χ0) is 15.1. The van der Waals surface area contributed by atoms with Gasteiger partial charge in [-0.05, 0) is 6.07 Å². The van der Waals surface area contributed by atoms with Gasteiger partial charge in [0.2, 0.25) is 0 Å². The summed E-state index contributed by atoms with van der Waals surface area (Å²) in [5.41, 5.74) is 0.282. The fourth-order valence-electron chi connectivity index (χ4n) is 2.34. The van der Waals surface area contributed by atoms with Gasteiger partial charge in [0.25, 0.3) is 5.56 Å². The van der Waals surface area contributed by atoms with Crippen LogP contribution in [0.15, 0.2) is 46.4 Å². The molecule has 1 aromatic carbocycles. The van der Waals surface area contributed by atoms with Crippen molar-refractivity contribution >= 4 is 22.1 Å². The van der Waals surface area contributed by atoms with Gasteiger partial charge in [-0.1, -0.05) is 18.2 Å². The predicted molar refractivity (Wildman–Crippen MR) is 79.6 cm³/mol. The van der Waals surface area contributed by atoms with Gasteiger partial charge in [-0.2, -0.15) is 0 Å². The van der Waals surface area contributed by atoms with Crippen molar-refractivity contribution in [1.29, 1.82) is 0 Å². The third-order valence-electron chi connectivity index (χ3n) is 3.36. The number of fused-ring (bicyclic) bond motifs is 2. The van der Waals surface area contributed by atoms with Crippen LogP contribution in [0.4, 0.5) is 0 Å². The summed E-state index contributed by atoms with van der Waals surface area (Å²) in [4.78, 5) is 40.5. The van der Waals surface area contributed by atoms with Crippen LogP contribution in [0.3, 0.4) is 0 Å². The fraction of sp³-hybridized carbons (Fsp3) is 0.0714. The fourth-order valence-corrected chi connectivity index (χ4v) is 2.34. The van der Waals surface area contributed by atoms with E-state index in [2.05, 4.69) is 24.9 Å². The highest BCUT2D eigenvalue weighted by Crippen LogP contribution is 2.11. The number of aromatic amines is 2. The molecule has 108 valence electrons. The highest BCUT2D eigenvalue weighted by Gasteiger charge is 2.09. The maximum absolute atomic E-state index is 11.7. The van der Waals surface area contributed by atoms with Gasteiger partial charge in [-0.25, -0.2) is 19.7 Å². The number of hydrogen-bond acceptors (Lipinski definition) is 5. The first kappa shape index (κ1) is 12.5. The van der Waals surface area contributed by atoms with Crippen LogP contribution < -0.4 is 11.2 Å². The number of rotatable bonds is 2. The summed E-state index contributed by atoms with van der Waals surface area (Å²) in [7, 11) is 0. The Hall–Kier alpha value is -3.29. The summed E-state index contributed by atoms with van der Waals surface area (Å²) in [6.07, 6.45) is 3.22. The molecule has 2 N–H and O–H groups in total.